The van der Waals surface area contributed by atoms with Gasteiger partial charge in [0.15, 0.2) is 0 Å². The molecule has 1 amide bonds. The molecule has 1 aliphatic rings. The van der Waals surface area contributed by atoms with Crippen molar-refractivity contribution in [3.05, 3.63) is 29.3 Å². The minimum absolute atomic E-state index is 0.0171. The molecule has 1 aliphatic heterocycles. The summed E-state index contributed by atoms with van der Waals surface area (Å²) in [5.41, 5.74) is 7.50. The molecule has 1 aromatic carbocycles. The van der Waals surface area contributed by atoms with Crippen LogP contribution in [0.2, 0.25) is 0 Å². The number of hydrogen-bond acceptors (Lipinski definition) is 3. The molecule has 1 unspecified atom stereocenters. The summed E-state index contributed by atoms with van der Waals surface area (Å²) in [5.74, 6) is 0.0171. The second-order valence-electron chi connectivity index (χ2n) is 5.18. The number of aliphatic hydroxyl groups is 1. The Balaban J connectivity index is 2.67. The topological polar surface area (TPSA) is 66.6 Å². The van der Waals surface area contributed by atoms with E-state index in [1.807, 2.05) is 18.2 Å². The van der Waals surface area contributed by atoms with Gasteiger partial charge in [0.05, 0.1) is 5.69 Å². The number of nitrogens with zero attached hydrogens (tertiary/aromatic N) is 1. The van der Waals surface area contributed by atoms with Crippen LogP contribution in [0.4, 0.5) is 5.69 Å². The molecule has 0 aliphatic carbocycles. The number of amides is 1. The fourth-order valence-corrected chi connectivity index (χ4v) is 2.87. The van der Waals surface area contributed by atoms with Gasteiger partial charge in [-0.1, -0.05) is 25.1 Å². The summed E-state index contributed by atoms with van der Waals surface area (Å²) in [4.78, 5) is 13.7. The smallest absolute Gasteiger partial charge is 0.223 e. The van der Waals surface area contributed by atoms with Gasteiger partial charge in [0.1, 0.15) is 5.60 Å². The van der Waals surface area contributed by atoms with E-state index in [-0.39, 0.29) is 12.5 Å². The lowest BCUT2D eigenvalue weighted by Gasteiger charge is -2.30. The zero-order chi connectivity index (χ0) is 14.0. The highest BCUT2D eigenvalue weighted by Crippen LogP contribution is 2.39. The Morgan fingerprint density at radius 2 is 2.26 bits per heavy atom. The van der Waals surface area contributed by atoms with Crippen molar-refractivity contribution in [1.29, 1.82) is 0 Å². The van der Waals surface area contributed by atoms with Gasteiger partial charge in [0, 0.05) is 25.6 Å². The maximum Gasteiger partial charge on any atom is 0.223 e. The van der Waals surface area contributed by atoms with Crippen LogP contribution in [0, 0.1) is 0 Å². The number of rotatable bonds is 2. The molecular weight excluding hydrogens is 240 g/mol. The second-order valence-corrected chi connectivity index (χ2v) is 5.18. The van der Waals surface area contributed by atoms with Crippen LogP contribution in [0.3, 0.4) is 0 Å². The van der Waals surface area contributed by atoms with E-state index in [0.717, 1.165) is 29.7 Å². The molecule has 0 bridgehead atoms. The van der Waals surface area contributed by atoms with Gasteiger partial charge in [-0.25, -0.2) is 0 Å². The fraction of sp³-hybridized carbons (Fsp3) is 0.533. The minimum atomic E-state index is -1.02. The molecular formula is C15H22N2O2. The Morgan fingerprint density at radius 3 is 2.84 bits per heavy atom. The first-order valence-electron chi connectivity index (χ1n) is 6.86. The molecule has 0 spiro atoms. The van der Waals surface area contributed by atoms with Crippen LogP contribution in [-0.4, -0.2) is 24.1 Å². The van der Waals surface area contributed by atoms with Crippen molar-refractivity contribution < 1.29 is 9.90 Å². The first kappa shape index (κ1) is 14.0. The summed E-state index contributed by atoms with van der Waals surface area (Å²) in [5, 5.41) is 10.8. The van der Waals surface area contributed by atoms with Crippen molar-refractivity contribution in [3.63, 3.8) is 0 Å². The van der Waals surface area contributed by atoms with Gasteiger partial charge >= 0.3 is 0 Å². The number of anilines is 1. The zero-order valence-corrected chi connectivity index (χ0v) is 11.6. The maximum absolute atomic E-state index is 11.9. The molecule has 1 atom stereocenters. The normalized spacial score (nSPS) is 22.8. The summed E-state index contributed by atoms with van der Waals surface area (Å²) < 4.78 is 0. The predicted molar refractivity (Wildman–Crippen MR) is 76.0 cm³/mol. The average Bonchev–Trinajstić information content (AvgIpc) is 2.56. The van der Waals surface area contributed by atoms with Crippen LogP contribution in [0.25, 0.3) is 0 Å². The second kappa shape index (κ2) is 5.31. The van der Waals surface area contributed by atoms with Gasteiger partial charge in [-0.15, -0.1) is 0 Å². The fourth-order valence-electron chi connectivity index (χ4n) is 2.87. The molecule has 1 aromatic rings. The number of para-hydroxylation sites is 1. The predicted octanol–water partition coefficient (Wildman–Crippen LogP) is 1.54. The summed E-state index contributed by atoms with van der Waals surface area (Å²) in [7, 11) is 0. The van der Waals surface area contributed by atoms with E-state index in [1.54, 1.807) is 11.8 Å². The molecule has 104 valence electrons. The van der Waals surface area contributed by atoms with Gasteiger partial charge in [-0.3, -0.25) is 4.79 Å². The molecule has 4 heteroatoms. The molecule has 4 nitrogen and oxygen atoms in total. The van der Waals surface area contributed by atoms with Gasteiger partial charge in [-0.05, 0) is 24.8 Å². The third kappa shape index (κ3) is 2.38. The molecule has 1 heterocycles. The summed E-state index contributed by atoms with van der Waals surface area (Å²) in [6, 6.07) is 5.83. The third-order valence-corrected chi connectivity index (χ3v) is 3.96. The number of carbonyl (C=O) groups is 1. The molecule has 19 heavy (non-hydrogen) atoms. The Bertz CT molecular complexity index is 487. The number of hydrogen-bond donors (Lipinski definition) is 2. The van der Waals surface area contributed by atoms with Crippen LogP contribution in [0.5, 0.6) is 0 Å². The average molecular weight is 262 g/mol. The quantitative estimate of drug-likeness (QED) is 0.849. The van der Waals surface area contributed by atoms with Crippen LogP contribution >= 0.6 is 0 Å². The van der Waals surface area contributed by atoms with E-state index in [0.29, 0.717) is 13.0 Å². The van der Waals surface area contributed by atoms with E-state index < -0.39 is 5.60 Å². The summed E-state index contributed by atoms with van der Waals surface area (Å²) >= 11 is 0. The number of fused-ring (bicyclic) bond motifs is 1. The van der Waals surface area contributed by atoms with Crippen molar-refractivity contribution in [3.8, 4) is 0 Å². The maximum atomic E-state index is 11.9. The number of nitrogens with two attached hydrogens (primary N) is 1. The molecule has 3 N–H and O–H groups in total. The largest absolute Gasteiger partial charge is 0.384 e. The summed E-state index contributed by atoms with van der Waals surface area (Å²) in [6.45, 7) is 4.45. The van der Waals surface area contributed by atoms with Crippen molar-refractivity contribution in [2.75, 3.05) is 18.0 Å². The molecule has 0 fully saturated rings. The van der Waals surface area contributed by atoms with E-state index in [2.05, 4.69) is 6.92 Å². The van der Waals surface area contributed by atoms with Gasteiger partial charge in [0.2, 0.25) is 5.91 Å². The lowest BCUT2D eigenvalue weighted by atomic mass is 9.87. The first-order valence-corrected chi connectivity index (χ1v) is 6.86. The highest BCUT2D eigenvalue weighted by Gasteiger charge is 2.35. The van der Waals surface area contributed by atoms with Crippen LogP contribution in [0.15, 0.2) is 18.2 Å². The van der Waals surface area contributed by atoms with Gasteiger partial charge < -0.3 is 15.7 Å². The van der Waals surface area contributed by atoms with Crippen LogP contribution in [-0.2, 0) is 16.8 Å². The Kier molecular flexibility index (Phi) is 3.92. The summed E-state index contributed by atoms with van der Waals surface area (Å²) in [6.07, 6.45) is 2.17. The Hall–Kier alpha value is -1.39. The molecule has 0 saturated heterocycles. The number of benzene rings is 1. The molecule has 2 rings (SSSR count). The van der Waals surface area contributed by atoms with Crippen molar-refractivity contribution in [2.24, 2.45) is 5.73 Å². The lowest BCUT2D eigenvalue weighted by molar-refractivity contribution is -0.116. The van der Waals surface area contributed by atoms with Gasteiger partial charge in [0.25, 0.3) is 0 Å². The van der Waals surface area contributed by atoms with E-state index in [4.69, 9.17) is 5.73 Å². The first-order chi connectivity index (χ1) is 9.03. The number of aryl methyl sites for hydroxylation is 1. The van der Waals surface area contributed by atoms with Crippen molar-refractivity contribution in [1.82, 2.24) is 0 Å². The number of carbonyl (C=O) groups excluding carboxylic acids is 1. The molecule has 0 aromatic heterocycles. The Labute approximate surface area is 114 Å². The van der Waals surface area contributed by atoms with Crippen LogP contribution < -0.4 is 10.6 Å². The Morgan fingerprint density at radius 1 is 1.53 bits per heavy atom. The lowest BCUT2D eigenvalue weighted by Crippen LogP contribution is -2.35. The van der Waals surface area contributed by atoms with E-state index in [1.165, 1.54) is 0 Å². The van der Waals surface area contributed by atoms with Crippen molar-refractivity contribution in [2.45, 2.75) is 38.7 Å². The molecule has 0 radical (unpaired) electrons. The standard InChI is InChI=1S/C15H22N2O2/c1-3-12-6-4-7-13-14(12)17(11(2)18)9-5-8-15(13,19)10-16/h4,6-7,19H,3,5,8-10,16H2,1-2H3. The molecule has 0 saturated carbocycles. The SMILES string of the molecule is CCc1cccc2c1N(C(C)=O)CCCC2(O)CN. The highest BCUT2D eigenvalue weighted by molar-refractivity contribution is 5.93. The van der Waals surface area contributed by atoms with Gasteiger partial charge in [-0.2, -0.15) is 0 Å². The van der Waals surface area contributed by atoms with Crippen molar-refractivity contribution >= 4 is 11.6 Å². The highest BCUT2D eigenvalue weighted by atomic mass is 16.3. The van der Waals surface area contributed by atoms with Crippen LogP contribution in [0.1, 0.15) is 37.8 Å². The van der Waals surface area contributed by atoms with E-state index >= 15 is 0 Å². The zero-order valence-electron chi connectivity index (χ0n) is 11.6. The third-order valence-electron chi connectivity index (χ3n) is 3.96. The van der Waals surface area contributed by atoms with E-state index in [9.17, 15) is 9.90 Å². The monoisotopic (exact) mass is 262 g/mol. The minimum Gasteiger partial charge on any atom is -0.384 e.